The summed E-state index contributed by atoms with van der Waals surface area (Å²) in [6.45, 7) is 4.32. The van der Waals surface area contributed by atoms with Crippen LogP contribution in [-0.2, 0) is 4.79 Å². The molecule has 0 aromatic carbocycles. The maximum Gasteiger partial charge on any atom is 0.157 e. The lowest BCUT2D eigenvalue weighted by molar-refractivity contribution is -0.114. The van der Waals surface area contributed by atoms with E-state index in [1.807, 2.05) is 0 Å². The van der Waals surface area contributed by atoms with Gasteiger partial charge in [0.05, 0.1) is 0 Å². The molecule has 2 aliphatic rings. The van der Waals surface area contributed by atoms with E-state index < -0.39 is 0 Å². The van der Waals surface area contributed by atoms with Crippen LogP contribution in [0.5, 0.6) is 0 Å². The van der Waals surface area contributed by atoms with Gasteiger partial charge in [-0.1, -0.05) is 0 Å². The molecular weight excluding hydrogens is 202 g/mol. The molecule has 1 atom stereocenters. The van der Waals surface area contributed by atoms with Crippen molar-refractivity contribution in [3.05, 3.63) is 11.8 Å². The highest BCUT2D eigenvalue weighted by molar-refractivity contribution is 5.92. The summed E-state index contributed by atoms with van der Waals surface area (Å²) in [5, 5.41) is 3.40. The van der Waals surface area contributed by atoms with Gasteiger partial charge in [-0.25, -0.2) is 0 Å². The summed E-state index contributed by atoms with van der Waals surface area (Å²) >= 11 is 0. The first-order chi connectivity index (χ1) is 7.65. The van der Waals surface area contributed by atoms with Crippen molar-refractivity contribution in [2.45, 2.75) is 18.9 Å². The van der Waals surface area contributed by atoms with Crippen LogP contribution in [0, 0.1) is 0 Å². The molecule has 1 heterocycles. The number of hydrogen-bond donors (Lipinski definition) is 1. The van der Waals surface area contributed by atoms with E-state index in [1.165, 1.54) is 0 Å². The van der Waals surface area contributed by atoms with E-state index in [-0.39, 0.29) is 5.78 Å². The van der Waals surface area contributed by atoms with E-state index in [0.29, 0.717) is 12.5 Å². The number of ketones is 1. The highest BCUT2D eigenvalue weighted by atomic mass is 16.1. The van der Waals surface area contributed by atoms with Gasteiger partial charge in [-0.15, -0.1) is 0 Å². The molecule has 1 aliphatic carbocycles. The van der Waals surface area contributed by atoms with Gasteiger partial charge in [-0.05, 0) is 20.5 Å². The molecule has 4 nitrogen and oxygen atoms in total. The number of nitrogens with zero attached hydrogens (tertiary/aromatic N) is 2. The van der Waals surface area contributed by atoms with Gasteiger partial charge in [0.2, 0.25) is 0 Å². The number of allylic oxidation sites excluding steroid dienone is 2. The number of nitrogens with one attached hydrogen (secondary N) is 1. The molecule has 0 aromatic rings. The number of carbonyl (C=O) groups is 1. The van der Waals surface area contributed by atoms with Crippen molar-refractivity contribution >= 4 is 5.78 Å². The van der Waals surface area contributed by atoms with E-state index in [4.69, 9.17) is 0 Å². The summed E-state index contributed by atoms with van der Waals surface area (Å²) in [4.78, 5) is 15.8. The first-order valence-electron chi connectivity index (χ1n) is 6.01. The predicted octanol–water partition coefficient (Wildman–Crippen LogP) is 0.0686. The van der Waals surface area contributed by atoms with Crippen LogP contribution >= 0.6 is 0 Å². The van der Waals surface area contributed by atoms with E-state index in [2.05, 4.69) is 29.2 Å². The Labute approximate surface area is 97.3 Å². The smallest absolute Gasteiger partial charge is 0.157 e. The lowest BCUT2D eigenvalue weighted by Crippen LogP contribution is -2.53. The topological polar surface area (TPSA) is 35.6 Å². The van der Waals surface area contributed by atoms with Gasteiger partial charge >= 0.3 is 0 Å². The summed E-state index contributed by atoms with van der Waals surface area (Å²) in [6, 6.07) is 0.551. The van der Waals surface area contributed by atoms with Crippen LogP contribution in [-0.4, -0.2) is 61.9 Å². The van der Waals surface area contributed by atoms with Crippen LogP contribution < -0.4 is 5.32 Å². The second kappa shape index (κ2) is 4.97. The van der Waals surface area contributed by atoms with Crippen LogP contribution in [0.15, 0.2) is 11.8 Å². The number of carbonyl (C=O) groups excluding carboxylic acids is 1. The zero-order chi connectivity index (χ0) is 11.5. The minimum atomic E-state index is 0.261. The summed E-state index contributed by atoms with van der Waals surface area (Å²) in [5.41, 5.74) is 1.12. The predicted molar refractivity (Wildman–Crippen MR) is 64.2 cm³/mol. The fourth-order valence-corrected chi connectivity index (χ4v) is 2.31. The lowest BCUT2D eigenvalue weighted by Gasteiger charge is -2.38. The Kier molecular flexibility index (Phi) is 3.61. The maximum atomic E-state index is 11.1. The zero-order valence-electron chi connectivity index (χ0n) is 10.2. The fraction of sp³-hybridized carbons (Fsp3) is 0.750. The van der Waals surface area contributed by atoms with Crippen molar-refractivity contribution in [1.82, 2.24) is 15.1 Å². The van der Waals surface area contributed by atoms with Crippen LogP contribution in [0.1, 0.15) is 12.8 Å². The lowest BCUT2D eigenvalue weighted by atomic mass is 10.2. The molecule has 0 saturated carbocycles. The Hall–Kier alpha value is -0.870. The van der Waals surface area contributed by atoms with Gasteiger partial charge in [-0.2, -0.15) is 0 Å². The quantitative estimate of drug-likeness (QED) is 0.734. The van der Waals surface area contributed by atoms with Crippen molar-refractivity contribution in [3.8, 4) is 0 Å². The standard InChI is InChI=1S/C12H21N3O/c1-14-5-6-15(2)11(9-14)8-13-10-3-4-12(16)7-10/h7,11,13H,3-6,8-9H2,1-2H3. The molecule has 4 heteroatoms. The molecule has 1 saturated heterocycles. The average molecular weight is 223 g/mol. The minimum Gasteiger partial charge on any atom is -0.387 e. The second-order valence-corrected chi connectivity index (χ2v) is 4.91. The number of likely N-dealkylation sites (N-methyl/N-ethyl adjacent to an activating group) is 2. The van der Waals surface area contributed by atoms with Gasteiger partial charge in [0, 0.05) is 50.4 Å². The van der Waals surface area contributed by atoms with Crippen LogP contribution in [0.4, 0.5) is 0 Å². The zero-order valence-corrected chi connectivity index (χ0v) is 10.2. The Morgan fingerprint density at radius 2 is 2.19 bits per heavy atom. The Morgan fingerprint density at radius 1 is 1.38 bits per heavy atom. The van der Waals surface area contributed by atoms with E-state index in [0.717, 1.165) is 38.3 Å². The third kappa shape index (κ3) is 2.83. The molecule has 1 aliphatic heterocycles. The molecule has 0 amide bonds. The molecule has 16 heavy (non-hydrogen) atoms. The van der Waals surface area contributed by atoms with Crippen molar-refractivity contribution in [1.29, 1.82) is 0 Å². The molecule has 1 N–H and O–H groups in total. The van der Waals surface area contributed by atoms with Gasteiger partial charge in [0.15, 0.2) is 5.78 Å². The monoisotopic (exact) mass is 223 g/mol. The van der Waals surface area contributed by atoms with E-state index in [9.17, 15) is 4.79 Å². The van der Waals surface area contributed by atoms with Gasteiger partial charge in [0.1, 0.15) is 0 Å². The Balaban J connectivity index is 1.80. The van der Waals surface area contributed by atoms with Crippen LogP contribution in [0.2, 0.25) is 0 Å². The van der Waals surface area contributed by atoms with Crippen molar-refractivity contribution < 1.29 is 4.79 Å². The van der Waals surface area contributed by atoms with Crippen LogP contribution in [0.25, 0.3) is 0 Å². The fourth-order valence-electron chi connectivity index (χ4n) is 2.31. The number of hydrogen-bond acceptors (Lipinski definition) is 4. The minimum absolute atomic E-state index is 0.261. The number of piperazine rings is 1. The molecule has 90 valence electrons. The van der Waals surface area contributed by atoms with Crippen LogP contribution in [0.3, 0.4) is 0 Å². The highest BCUT2D eigenvalue weighted by Crippen LogP contribution is 2.12. The van der Waals surface area contributed by atoms with Gasteiger partial charge in [-0.3, -0.25) is 9.69 Å². The Morgan fingerprint density at radius 3 is 2.88 bits per heavy atom. The number of rotatable bonds is 3. The van der Waals surface area contributed by atoms with Gasteiger partial charge < -0.3 is 10.2 Å². The molecule has 0 bridgehead atoms. The molecule has 1 fully saturated rings. The SMILES string of the molecule is CN1CCN(C)C(CNC2=CC(=O)CC2)C1. The summed E-state index contributed by atoms with van der Waals surface area (Å²) < 4.78 is 0. The van der Waals surface area contributed by atoms with Crippen molar-refractivity contribution in [3.63, 3.8) is 0 Å². The van der Waals surface area contributed by atoms with Gasteiger partial charge in [0.25, 0.3) is 0 Å². The molecule has 0 aromatic heterocycles. The summed E-state index contributed by atoms with van der Waals surface area (Å²) in [5.74, 6) is 0.261. The molecule has 0 spiro atoms. The van der Waals surface area contributed by atoms with Crippen molar-refractivity contribution in [2.75, 3.05) is 40.3 Å². The third-order valence-corrected chi connectivity index (χ3v) is 3.52. The summed E-state index contributed by atoms with van der Waals surface area (Å²) in [6.07, 6.45) is 3.33. The first-order valence-corrected chi connectivity index (χ1v) is 6.01. The first kappa shape index (κ1) is 11.6. The average Bonchev–Trinajstić information content (AvgIpc) is 2.66. The highest BCUT2D eigenvalue weighted by Gasteiger charge is 2.22. The molecule has 1 unspecified atom stereocenters. The van der Waals surface area contributed by atoms with E-state index >= 15 is 0 Å². The van der Waals surface area contributed by atoms with E-state index in [1.54, 1.807) is 6.08 Å². The second-order valence-electron chi connectivity index (χ2n) is 4.91. The Bertz CT molecular complexity index is 301. The molecule has 2 rings (SSSR count). The molecular formula is C12H21N3O. The molecule has 0 radical (unpaired) electrons. The normalized spacial score (nSPS) is 28.2. The largest absolute Gasteiger partial charge is 0.387 e. The summed E-state index contributed by atoms with van der Waals surface area (Å²) in [7, 11) is 4.34. The third-order valence-electron chi connectivity index (χ3n) is 3.52. The van der Waals surface area contributed by atoms with Crippen molar-refractivity contribution in [2.24, 2.45) is 0 Å². The maximum absolute atomic E-state index is 11.1.